The minimum absolute atomic E-state index is 0.134. The number of nitrogens with one attached hydrogen (secondary N) is 2. The number of nitrogens with zero attached hydrogens (tertiary/aromatic N) is 1. The topological polar surface area (TPSA) is 44.4 Å². The smallest absolute Gasteiger partial charge is 0.319 e. The molecule has 0 saturated carbocycles. The Morgan fingerprint density at radius 3 is 2.61 bits per heavy atom. The molecular formula is C19H25N3O. The number of piperidine rings is 1. The summed E-state index contributed by atoms with van der Waals surface area (Å²) < 4.78 is 0. The zero-order chi connectivity index (χ0) is 16.1. The third kappa shape index (κ3) is 4.45. The Hall–Kier alpha value is -2.07. The Balaban J connectivity index is 1.53. The highest BCUT2D eigenvalue weighted by Gasteiger charge is 2.14. The number of carbonyl (C=O) groups is 1. The van der Waals surface area contributed by atoms with Crippen LogP contribution in [0.2, 0.25) is 0 Å². The minimum atomic E-state index is -0.134. The zero-order valence-electron chi connectivity index (χ0n) is 13.7. The van der Waals surface area contributed by atoms with Gasteiger partial charge in [-0.2, -0.15) is 0 Å². The molecule has 2 aromatic rings. The van der Waals surface area contributed by atoms with Gasteiger partial charge in [0.15, 0.2) is 0 Å². The molecule has 0 aromatic heterocycles. The molecule has 1 aliphatic rings. The number of hydrogen-bond acceptors (Lipinski definition) is 2. The van der Waals surface area contributed by atoms with Crippen molar-refractivity contribution in [1.29, 1.82) is 0 Å². The van der Waals surface area contributed by atoms with Crippen LogP contribution in [-0.2, 0) is 0 Å². The Bertz CT molecular complexity index is 664. The second-order valence-electron chi connectivity index (χ2n) is 6.42. The van der Waals surface area contributed by atoms with Gasteiger partial charge < -0.3 is 15.5 Å². The molecule has 1 atom stereocenters. The standard InChI is InChI=1S/C19H25N3O/c1-15(14-22-11-5-2-6-12-22)20-19(23)21-18-10-9-16-7-3-4-8-17(16)13-18/h3-4,7-10,13,15H,2,5-6,11-12,14H2,1H3,(H2,20,21,23). The predicted octanol–water partition coefficient (Wildman–Crippen LogP) is 3.84. The Labute approximate surface area is 137 Å². The van der Waals surface area contributed by atoms with Gasteiger partial charge in [-0.25, -0.2) is 4.79 Å². The van der Waals surface area contributed by atoms with Gasteiger partial charge in [0, 0.05) is 18.3 Å². The summed E-state index contributed by atoms with van der Waals surface area (Å²) in [7, 11) is 0. The van der Waals surface area contributed by atoms with Crippen LogP contribution in [0.3, 0.4) is 0 Å². The van der Waals surface area contributed by atoms with E-state index in [4.69, 9.17) is 0 Å². The zero-order valence-corrected chi connectivity index (χ0v) is 13.7. The van der Waals surface area contributed by atoms with E-state index in [1.54, 1.807) is 0 Å². The summed E-state index contributed by atoms with van der Waals surface area (Å²) >= 11 is 0. The van der Waals surface area contributed by atoms with Crippen LogP contribution in [0.15, 0.2) is 42.5 Å². The van der Waals surface area contributed by atoms with Crippen LogP contribution in [0.1, 0.15) is 26.2 Å². The summed E-state index contributed by atoms with van der Waals surface area (Å²) in [6.45, 7) is 5.29. The second-order valence-corrected chi connectivity index (χ2v) is 6.42. The van der Waals surface area contributed by atoms with E-state index in [0.717, 1.165) is 30.7 Å². The molecule has 122 valence electrons. The Morgan fingerprint density at radius 1 is 1.09 bits per heavy atom. The van der Waals surface area contributed by atoms with Crippen molar-refractivity contribution in [3.63, 3.8) is 0 Å². The van der Waals surface area contributed by atoms with E-state index in [0.29, 0.717) is 0 Å². The molecule has 3 rings (SSSR count). The molecule has 1 aliphatic heterocycles. The lowest BCUT2D eigenvalue weighted by Gasteiger charge is -2.29. The van der Waals surface area contributed by atoms with E-state index >= 15 is 0 Å². The lowest BCUT2D eigenvalue weighted by atomic mass is 10.1. The number of fused-ring (bicyclic) bond motifs is 1. The molecule has 1 saturated heterocycles. The van der Waals surface area contributed by atoms with Crippen LogP contribution in [0.5, 0.6) is 0 Å². The van der Waals surface area contributed by atoms with Crippen molar-refractivity contribution < 1.29 is 4.79 Å². The molecule has 4 nitrogen and oxygen atoms in total. The number of hydrogen-bond donors (Lipinski definition) is 2. The van der Waals surface area contributed by atoms with E-state index in [-0.39, 0.29) is 12.1 Å². The Morgan fingerprint density at radius 2 is 1.83 bits per heavy atom. The highest BCUT2D eigenvalue weighted by molar-refractivity contribution is 5.93. The predicted molar refractivity (Wildman–Crippen MR) is 95.9 cm³/mol. The summed E-state index contributed by atoms with van der Waals surface area (Å²) in [6, 6.07) is 14.1. The first-order chi connectivity index (χ1) is 11.2. The van der Waals surface area contributed by atoms with Gasteiger partial charge >= 0.3 is 6.03 Å². The summed E-state index contributed by atoms with van der Waals surface area (Å²) in [5.41, 5.74) is 0.825. The van der Waals surface area contributed by atoms with Crippen molar-refractivity contribution in [3.05, 3.63) is 42.5 Å². The number of rotatable bonds is 4. The van der Waals surface area contributed by atoms with Gasteiger partial charge in [-0.1, -0.05) is 36.8 Å². The van der Waals surface area contributed by atoms with Gasteiger partial charge in [-0.05, 0) is 55.8 Å². The fourth-order valence-corrected chi connectivity index (χ4v) is 3.23. The molecular weight excluding hydrogens is 286 g/mol. The first-order valence-electron chi connectivity index (χ1n) is 8.49. The average Bonchev–Trinajstić information content (AvgIpc) is 2.55. The molecule has 2 amide bonds. The third-order valence-corrected chi connectivity index (χ3v) is 4.37. The van der Waals surface area contributed by atoms with Gasteiger partial charge in [0.05, 0.1) is 0 Å². The average molecular weight is 311 g/mol. The van der Waals surface area contributed by atoms with Crippen molar-refractivity contribution >= 4 is 22.5 Å². The van der Waals surface area contributed by atoms with Gasteiger partial charge in [-0.3, -0.25) is 0 Å². The molecule has 0 radical (unpaired) electrons. The van der Waals surface area contributed by atoms with Crippen molar-refractivity contribution in [1.82, 2.24) is 10.2 Å². The quantitative estimate of drug-likeness (QED) is 0.901. The Kier molecular flexibility index (Phi) is 5.13. The van der Waals surface area contributed by atoms with Gasteiger partial charge in [0.1, 0.15) is 0 Å². The lowest BCUT2D eigenvalue weighted by Crippen LogP contribution is -2.45. The monoisotopic (exact) mass is 311 g/mol. The highest BCUT2D eigenvalue weighted by atomic mass is 16.2. The second kappa shape index (κ2) is 7.47. The van der Waals surface area contributed by atoms with E-state index in [2.05, 4.69) is 34.6 Å². The highest BCUT2D eigenvalue weighted by Crippen LogP contribution is 2.18. The van der Waals surface area contributed by atoms with Crippen LogP contribution in [0.4, 0.5) is 10.5 Å². The van der Waals surface area contributed by atoms with E-state index in [9.17, 15) is 4.79 Å². The first kappa shape index (κ1) is 15.8. The largest absolute Gasteiger partial charge is 0.334 e. The minimum Gasteiger partial charge on any atom is -0.334 e. The molecule has 1 fully saturated rings. The summed E-state index contributed by atoms with van der Waals surface area (Å²) in [5.74, 6) is 0. The maximum Gasteiger partial charge on any atom is 0.319 e. The van der Waals surface area contributed by atoms with Crippen LogP contribution in [0, 0.1) is 0 Å². The van der Waals surface area contributed by atoms with Crippen LogP contribution in [0.25, 0.3) is 10.8 Å². The molecule has 2 aromatic carbocycles. The maximum atomic E-state index is 12.2. The van der Waals surface area contributed by atoms with Crippen LogP contribution < -0.4 is 10.6 Å². The third-order valence-electron chi connectivity index (χ3n) is 4.37. The maximum absolute atomic E-state index is 12.2. The van der Waals surface area contributed by atoms with Crippen LogP contribution in [-0.4, -0.2) is 36.6 Å². The van der Waals surface area contributed by atoms with Crippen LogP contribution >= 0.6 is 0 Å². The molecule has 0 bridgehead atoms. The molecule has 1 heterocycles. The number of likely N-dealkylation sites (tertiary alicyclic amines) is 1. The van der Waals surface area contributed by atoms with E-state index in [1.165, 1.54) is 24.6 Å². The van der Waals surface area contributed by atoms with Crippen molar-refractivity contribution in [3.8, 4) is 0 Å². The fraction of sp³-hybridized carbons (Fsp3) is 0.421. The van der Waals surface area contributed by atoms with Gasteiger partial charge in [-0.15, -0.1) is 0 Å². The molecule has 1 unspecified atom stereocenters. The molecule has 0 spiro atoms. The molecule has 0 aliphatic carbocycles. The SMILES string of the molecule is CC(CN1CCCCC1)NC(=O)Nc1ccc2ccccc2c1. The number of amides is 2. The van der Waals surface area contributed by atoms with Crippen molar-refractivity contribution in [2.24, 2.45) is 0 Å². The van der Waals surface area contributed by atoms with Gasteiger partial charge in [0.25, 0.3) is 0 Å². The fourth-order valence-electron chi connectivity index (χ4n) is 3.23. The summed E-state index contributed by atoms with van der Waals surface area (Å²) in [4.78, 5) is 14.6. The first-order valence-corrected chi connectivity index (χ1v) is 8.49. The van der Waals surface area contributed by atoms with Crippen molar-refractivity contribution in [2.45, 2.75) is 32.2 Å². The van der Waals surface area contributed by atoms with Crippen molar-refractivity contribution in [2.75, 3.05) is 25.0 Å². The lowest BCUT2D eigenvalue weighted by molar-refractivity contribution is 0.206. The van der Waals surface area contributed by atoms with E-state index < -0.39 is 0 Å². The van der Waals surface area contributed by atoms with E-state index in [1.807, 2.05) is 30.3 Å². The number of urea groups is 1. The molecule has 4 heteroatoms. The number of benzene rings is 2. The number of carbonyl (C=O) groups excluding carboxylic acids is 1. The normalized spacial score (nSPS) is 16.9. The summed E-state index contributed by atoms with van der Waals surface area (Å²) in [6.07, 6.45) is 3.88. The summed E-state index contributed by atoms with van der Waals surface area (Å²) in [5, 5.41) is 8.27. The number of anilines is 1. The van der Waals surface area contributed by atoms with Gasteiger partial charge in [0.2, 0.25) is 0 Å². The molecule has 23 heavy (non-hydrogen) atoms. The molecule has 2 N–H and O–H groups in total.